The first-order chi connectivity index (χ1) is 8.54. The van der Waals surface area contributed by atoms with Crippen LogP contribution in [0.5, 0.6) is 0 Å². The molecule has 0 spiro atoms. The predicted molar refractivity (Wildman–Crippen MR) is 69.1 cm³/mol. The minimum absolute atomic E-state index is 0.172. The van der Waals surface area contributed by atoms with Gasteiger partial charge in [-0.05, 0) is 11.8 Å². The number of carboxylic acids is 1. The molecule has 0 aromatic rings. The van der Waals surface area contributed by atoms with E-state index in [2.05, 4.69) is 5.32 Å². The molecule has 0 unspecified atom stereocenters. The van der Waals surface area contributed by atoms with Crippen molar-refractivity contribution in [2.75, 3.05) is 18.9 Å². The maximum absolute atomic E-state index is 11.5. The lowest BCUT2D eigenvalue weighted by Crippen LogP contribution is -2.27. The molecule has 0 atom stereocenters. The molecule has 2 N–H and O–H groups in total. The van der Waals surface area contributed by atoms with Gasteiger partial charge in [-0.1, -0.05) is 13.8 Å². The van der Waals surface area contributed by atoms with Gasteiger partial charge < -0.3 is 10.4 Å². The molecule has 0 heterocycles. The van der Waals surface area contributed by atoms with E-state index in [4.69, 9.17) is 9.29 Å². The SMILES string of the molecule is CC(=O)NCCCS(=O)(=O)OCC(C)(C)CC(=O)O. The van der Waals surface area contributed by atoms with Gasteiger partial charge in [0.15, 0.2) is 0 Å². The van der Waals surface area contributed by atoms with Gasteiger partial charge in [0.25, 0.3) is 10.1 Å². The van der Waals surface area contributed by atoms with Gasteiger partial charge in [-0.25, -0.2) is 0 Å². The molecule has 0 saturated heterocycles. The van der Waals surface area contributed by atoms with Crippen LogP contribution in [0.4, 0.5) is 0 Å². The largest absolute Gasteiger partial charge is 0.481 e. The van der Waals surface area contributed by atoms with Gasteiger partial charge in [-0.15, -0.1) is 0 Å². The van der Waals surface area contributed by atoms with Gasteiger partial charge in [0.2, 0.25) is 5.91 Å². The van der Waals surface area contributed by atoms with E-state index in [1.807, 2.05) is 0 Å². The fourth-order valence-electron chi connectivity index (χ4n) is 1.28. The molecular weight excluding hydrogens is 274 g/mol. The molecule has 19 heavy (non-hydrogen) atoms. The van der Waals surface area contributed by atoms with Crippen molar-refractivity contribution in [3.8, 4) is 0 Å². The molecule has 8 heteroatoms. The highest BCUT2D eigenvalue weighted by atomic mass is 32.2. The number of nitrogens with one attached hydrogen (secondary N) is 1. The van der Waals surface area contributed by atoms with Crippen molar-refractivity contribution in [3.63, 3.8) is 0 Å². The maximum Gasteiger partial charge on any atom is 0.303 e. The Morgan fingerprint density at radius 1 is 1.32 bits per heavy atom. The first kappa shape index (κ1) is 17.8. The van der Waals surface area contributed by atoms with E-state index >= 15 is 0 Å². The molecule has 0 aliphatic carbocycles. The summed E-state index contributed by atoms with van der Waals surface area (Å²) >= 11 is 0. The highest BCUT2D eigenvalue weighted by molar-refractivity contribution is 7.86. The normalized spacial score (nSPS) is 12.2. The summed E-state index contributed by atoms with van der Waals surface area (Å²) in [4.78, 5) is 21.1. The lowest BCUT2D eigenvalue weighted by atomic mass is 9.91. The van der Waals surface area contributed by atoms with E-state index in [-0.39, 0.29) is 37.7 Å². The number of carboxylic acid groups (broad SMARTS) is 1. The first-order valence-electron chi connectivity index (χ1n) is 5.87. The summed E-state index contributed by atoms with van der Waals surface area (Å²) < 4.78 is 27.8. The average molecular weight is 295 g/mol. The van der Waals surface area contributed by atoms with E-state index in [0.717, 1.165) is 0 Å². The predicted octanol–water partition coefficient (Wildman–Crippen LogP) is 0.360. The Morgan fingerprint density at radius 2 is 1.89 bits per heavy atom. The fraction of sp³-hybridized carbons (Fsp3) is 0.818. The molecule has 0 aromatic heterocycles. The molecule has 0 aromatic carbocycles. The van der Waals surface area contributed by atoms with E-state index < -0.39 is 21.5 Å². The molecule has 0 aliphatic rings. The van der Waals surface area contributed by atoms with Crippen LogP contribution in [0.2, 0.25) is 0 Å². The summed E-state index contributed by atoms with van der Waals surface area (Å²) in [7, 11) is -3.69. The molecule has 1 amide bonds. The van der Waals surface area contributed by atoms with Gasteiger partial charge in [0.1, 0.15) is 0 Å². The zero-order valence-corrected chi connectivity index (χ0v) is 12.2. The van der Waals surface area contributed by atoms with Crippen LogP contribution in [-0.4, -0.2) is 44.3 Å². The van der Waals surface area contributed by atoms with Crippen molar-refractivity contribution in [3.05, 3.63) is 0 Å². The Kier molecular flexibility index (Phi) is 6.99. The number of hydrogen-bond acceptors (Lipinski definition) is 5. The van der Waals surface area contributed by atoms with Crippen LogP contribution in [0.3, 0.4) is 0 Å². The molecule has 7 nitrogen and oxygen atoms in total. The molecule has 112 valence electrons. The Morgan fingerprint density at radius 3 is 2.37 bits per heavy atom. The molecule has 0 aliphatic heterocycles. The minimum atomic E-state index is -3.69. The summed E-state index contributed by atoms with van der Waals surface area (Å²) in [6, 6.07) is 0. The number of carbonyl (C=O) groups is 2. The zero-order chi connectivity index (χ0) is 15.1. The highest BCUT2D eigenvalue weighted by Gasteiger charge is 2.25. The second-order valence-corrected chi connectivity index (χ2v) is 6.85. The Bertz CT molecular complexity index is 415. The van der Waals surface area contributed by atoms with Crippen LogP contribution < -0.4 is 5.32 Å². The van der Waals surface area contributed by atoms with E-state index in [9.17, 15) is 18.0 Å². The number of amides is 1. The zero-order valence-electron chi connectivity index (χ0n) is 11.4. The van der Waals surface area contributed by atoms with Crippen LogP contribution in [0, 0.1) is 5.41 Å². The summed E-state index contributed by atoms with van der Waals surface area (Å²) in [5.41, 5.74) is -0.753. The third-order valence-corrected chi connectivity index (χ3v) is 3.47. The van der Waals surface area contributed by atoms with Crippen LogP contribution >= 0.6 is 0 Å². The van der Waals surface area contributed by atoms with Gasteiger partial charge in [-0.3, -0.25) is 13.8 Å². The highest BCUT2D eigenvalue weighted by Crippen LogP contribution is 2.21. The lowest BCUT2D eigenvalue weighted by molar-refractivity contribution is -0.139. The standard InChI is InChI=1S/C11H21NO6S/c1-9(13)12-5-4-6-19(16,17)18-8-11(2,3)7-10(14)15/h4-8H2,1-3H3,(H,12,13)(H,14,15). The van der Waals surface area contributed by atoms with Crippen molar-refractivity contribution < 1.29 is 27.3 Å². The fourth-order valence-corrected chi connectivity index (χ4v) is 2.40. The molecule has 0 fully saturated rings. The van der Waals surface area contributed by atoms with Crippen molar-refractivity contribution in [2.45, 2.75) is 33.6 Å². The first-order valence-corrected chi connectivity index (χ1v) is 7.45. The monoisotopic (exact) mass is 295 g/mol. The number of rotatable bonds is 9. The van der Waals surface area contributed by atoms with Gasteiger partial charge >= 0.3 is 5.97 Å². The summed E-state index contributed by atoms with van der Waals surface area (Å²) in [6.07, 6.45) is 0.0791. The second kappa shape index (κ2) is 7.44. The molecular formula is C11H21NO6S. The Labute approximate surface area is 113 Å². The number of aliphatic carboxylic acids is 1. The van der Waals surface area contributed by atoms with Crippen molar-refractivity contribution in [1.29, 1.82) is 0 Å². The van der Waals surface area contributed by atoms with Crippen LogP contribution in [0.25, 0.3) is 0 Å². The third kappa shape index (κ3) is 10.5. The Hall–Kier alpha value is -1.15. The van der Waals surface area contributed by atoms with Crippen LogP contribution in [-0.2, 0) is 23.9 Å². The van der Waals surface area contributed by atoms with Crippen LogP contribution in [0.15, 0.2) is 0 Å². The molecule has 0 rings (SSSR count). The lowest BCUT2D eigenvalue weighted by Gasteiger charge is -2.21. The smallest absolute Gasteiger partial charge is 0.303 e. The van der Waals surface area contributed by atoms with E-state index in [1.165, 1.54) is 6.92 Å². The number of carbonyl (C=O) groups excluding carboxylic acids is 1. The Balaban J connectivity index is 4.09. The quantitative estimate of drug-likeness (QED) is 0.469. The summed E-state index contributed by atoms with van der Waals surface area (Å²) in [6.45, 7) is 4.67. The topological polar surface area (TPSA) is 110 Å². The van der Waals surface area contributed by atoms with Crippen molar-refractivity contribution in [1.82, 2.24) is 5.32 Å². The summed E-state index contributed by atoms with van der Waals surface area (Å²) in [5, 5.41) is 11.1. The third-order valence-electron chi connectivity index (χ3n) is 2.20. The minimum Gasteiger partial charge on any atom is -0.481 e. The van der Waals surface area contributed by atoms with Gasteiger partial charge in [-0.2, -0.15) is 8.42 Å². The van der Waals surface area contributed by atoms with Crippen LogP contribution in [0.1, 0.15) is 33.6 Å². The molecule has 0 radical (unpaired) electrons. The second-order valence-electron chi connectivity index (χ2n) is 5.10. The van der Waals surface area contributed by atoms with E-state index in [0.29, 0.717) is 0 Å². The van der Waals surface area contributed by atoms with E-state index in [1.54, 1.807) is 13.8 Å². The molecule has 0 saturated carbocycles. The van der Waals surface area contributed by atoms with Gasteiger partial charge in [0.05, 0.1) is 18.8 Å². The van der Waals surface area contributed by atoms with Crippen molar-refractivity contribution in [2.24, 2.45) is 5.41 Å². The van der Waals surface area contributed by atoms with Gasteiger partial charge in [0, 0.05) is 13.5 Å². The maximum atomic E-state index is 11.5. The number of hydrogen-bond donors (Lipinski definition) is 2. The molecule has 0 bridgehead atoms. The van der Waals surface area contributed by atoms with Crippen molar-refractivity contribution >= 4 is 22.0 Å². The summed E-state index contributed by atoms with van der Waals surface area (Å²) in [5.74, 6) is -1.44. The average Bonchev–Trinajstić information content (AvgIpc) is 2.20.